The second-order valence-electron chi connectivity index (χ2n) is 6.77. The highest BCUT2D eigenvalue weighted by Gasteiger charge is 2.30. The Hall–Kier alpha value is -3.62. The van der Waals surface area contributed by atoms with Gasteiger partial charge in [0.25, 0.3) is 5.91 Å². The van der Waals surface area contributed by atoms with Crippen molar-refractivity contribution in [2.75, 3.05) is 12.4 Å². The molecule has 7 nitrogen and oxygen atoms in total. The number of H-pyrrole nitrogens is 1. The highest BCUT2D eigenvalue weighted by atomic mass is 19.1. The molecule has 1 aliphatic carbocycles. The van der Waals surface area contributed by atoms with Gasteiger partial charge in [-0.1, -0.05) is 0 Å². The number of benzene rings is 1. The number of nitrogens with one attached hydrogen (secondary N) is 3. The zero-order valence-electron chi connectivity index (χ0n) is 15.3. The standard InChI is InChI=1S/C20H16F2N4O3/c1-23-19(28)10-6-13(21)15(14(22)7-10)17(27)12-8-25-16-11(12)4-5-24-18(16)26-20(29)9-2-3-9/h4-9,25H,2-3H2,1H3,(H,23,28)(H,24,26,29). The number of halogens is 2. The van der Waals surface area contributed by atoms with Crippen LogP contribution in [0.3, 0.4) is 0 Å². The van der Waals surface area contributed by atoms with Crippen molar-refractivity contribution in [1.29, 1.82) is 0 Å². The van der Waals surface area contributed by atoms with Gasteiger partial charge in [-0.25, -0.2) is 13.8 Å². The van der Waals surface area contributed by atoms with E-state index in [9.17, 15) is 23.2 Å². The molecule has 2 heterocycles. The number of nitrogens with zero attached hydrogens (tertiary/aromatic N) is 1. The van der Waals surface area contributed by atoms with E-state index in [0.29, 0.717) is 10.9 Å². The van der Waals surface area contributed by atoms with Crippen molar-refractivity contribution in [2.45, 2.75) is 12.8 Å². The van der Waals surface area contributed by atoms with Gasteiger partial charge in [0.2, 0.25) is 11.7 Å². The number of anilines is 1. The van der Waals surface area contributed by atoms with Crippen molar-refractivity contribution in [2.24, 2.45) is 5.92 Å². The Balaban J connectivity index is 1.73. The van der Waals surface area contributed by atoms with Crippen LogP contribution in [0.25, 0.3) is 10.9 Å². The molecule has 0 spiro atoms. The molecule has 1 aromatic carbocycles. The van der Waals surface area contributed by atoms with E-state index in [1.807, 2.05) is 0 Å². The van der Waals surface area contributed by atoms with Crippen molar-refractivity contribution >= 4 is 34.3 Å². The minimum Gasteiger partial charge on any atom is -0.357 e. The monoisotopic (exact) mass is 398 g/mol. The number of carbonyl (C=O) groups is 3. The Labute approximate surface area is 163 Å². The normalized spacial score (nSPS) is 13.3. The molecule has 0 unspecified atom stereocenters. The van der Waals surface area contributed by atoms with Gasteiger partial charge in [-0.15, -0.1) is 0 Å². The molecule has 0 saturated heterocycles. The van der Waals surface area contributed by atoms with Crippen LogP contribution >= 0.6 is 0 Å². The summed E-state index contributed by atoms with van der Waals surface area (Å²) in [6.07, 6.45) is 4.35. The van der Waals surface area contributed by atoms with Crippen LogP contribution in [0.4, 0.5) is 14.6 Å². The largest absolute Gasteiger partial charge is 0.357 e. The number of hydrogen-bond donors (Lipinski definition) is 3. The Morgan fingerprint density at radius 2 is 1.86 bits per heavy atom. The maximum Gasteiger partial charge on any atom is 0.251 e. The van der Waals surface area contributed by atoms with Gasteiger partial charge in [0.15, 0.2) is 5.82 Å². The number of aromatic amines is 1. The topological polar surface area (TPSA) is 104 Å². The first-order valence-corrected chi connectivity index (χ1v) is 8.93. The van der Waals surface area contributed by atoms with E-state index in [1.165, 1.54) is 25.5 Å². The number of pyridine rings is 1. The lowest BCUT2D eigenvalue weighted by atomic mass is 10.00. The first-order valence-electron chi connectivity index (χ1n) is 8.93. The number of hydrogen-bond acceptors (Lipinski definition) is 4. The zero-order chi connectivity index (χ0) is 20.7. The summed E-state index contributed by atoms with van der Waals surface area (Å²) in [6.45, 7) is 0. The summed E-state index contributed by atoms with van der Waals surface area (Å²) in [7, 11) is 1.33. The van der Waals surface area contributed by atoms with E-state index < -0.39 is 28.9 Å². The van der Waals surface area contributed by atoms with Gasteiger partial charge in [0.05, 0.1) is 11.1 Å². The predicted octanol–water partition coefficient (Wildman–Crippen LogP) is 2.78. The highest BCUT2D eigenvalue weighted by molar-refractivity contribution is 6.18. The van der Waals surface area contributed by atoms with Crippen molar-refractivity contribution in [1.82, 2.24) is 15.3 Å². The molecule has 0 bridgehead atoms. The molecule has 9 heteroatoms. The first-order chi connectivity index (χ1) is 13.9. The highest BCUT2D eigenvalue weighted by Crippen LogP contribution is 2.32. The molecule has 0 radical (unpaired) electrons. The van der Waals surface area contributed by atoms with E-state index in [-0.39, 0.29) is 28.8 Å². The molecular formula is C20H16F2N4O3. The average molecular weight is 398 g/mol. The van der Waals surface area contributed by atoms with E-state index in [4.69, 9.17) is 0 Å². The lowest BCUT2D eigenvalue weighted by Crippen LogP contribution is -2.19. The second kappa shape index (κ2) is 7.08. The van der Waals surface area contributed by atoms with Crippen molar-refractivity contribution < 1.29 is 23.2 Å². The van der Waals surface area contributed by atoms with E-state index in [1.54, 1.807) is 0 Å². The summed E-state index contributed by atoms with van der Waals surface area (Å²) in [6, 6.07) is 3.14. The maximum absolute atomic E-state index is 14.5. The summed E-state index contributed by atoms with van der Waals surface area (Å²) in [4.78, 5) is 43.4. The van der Waals surface area contributed by atoms with E-state index in [0.717, 1.165) is 25.0 Å². The summed E-state index contributed by atoms with van der Waals surface area (Å²) in [5.41, 5.74) is -0.589. The number of amides is 2. The predicted molar refractivity (Wildman–Crippen MR) is 101 cm³/mol. The molecule has 2 amide bonds. The van der Waals surface area contributed by atoms with Crippen molar-refractivity contribution in [3.05, 3.63) is 58.9 Å². The van der Waals surface area contributed by atoms with Gasteiger partial charge in [0.1, 0.15) is 11.6 Å². The van der Waals surface area contributed by atoms with Crippen LogP contribution in [0.1, 0.15) is 39.1 Å². The SMILES string of the molecule is CNC(=O)c1cc(F)c(C(=O)c2c[nH]c3c(NC(=O)C4CC4)nccc23)c(F)c1. The number of rotatable bonds is 5. The molecule has 1 fully saturated rings. The van der Waals surface area contributed by atoms with Gasteiger partial charge in [0, 0.05) is 41.9 Å². The minimum absolute atomic E-state index is 0.0230. The number of carbonyl (C=O) groups excluding carboxylic acids is 3. The Morgan fingerprint density at radius 1 is 1.17 bits per heavy atom. The van der Waals surface area contributed by atoms with E-state index >= 15 is 0 Å². The molecule has 29 heavy (non-hydrogen) atoms. The van der Waals surface area contributed by atoms with Gasteiger partial charge >= 0.3 is 0 Å². The summed E-state index contributed by atoms with van der Waals surface area (Å²) in [5.74, 6) is -3.79. The summed E-state index contributed by atoms with van der Waals surface area (Å²) >= 11 is 0. The van der Waals surface area contributed by atoms with Crippen LogP contribution in [-0.4, -0.2) is 34.6 Å². The van der Waals surface area contributed by atoms with Gasteiger partial charge < -0.3 is 15.6 Å². The van der Waals surface area contributed by atoms with Crippen molar-refractivity contribution in [3.8, 4) is 0 Å². The van der Waals surface area contributed by atoms with Gasteiger partial charge in [-0.3, -0.25) is 14.4 Å². The molecule has 3 aromatic rings. The number of fused-ring (bicyclic) bond motifs is 1. The van der Waals surface area contributed by atoms with Gasteiger partial charge in [-0.2, -0.15) is 0 Å². The lowest BCUT2D eigenvalue weighted by molar-refractivity contribution is -0.117. The summed E-state index contributed by atoms with van der Waals surface area (Å²) < 4.78 is 29.0. The molecule has 0 aliphatic heterocycles. The fourth-order valence-electron chi connectivity index (χ4n) is 3.10. The molecule has 2 aromatic heterocycles. The molecule has 1 saturated carbocycles. The first kappa shape index (κ1) is 18.7. The van der Waals surface area contributed by atoms with Crippen LogP contribution < -0.4 is 10.6 Å². The van der Waals surface area contributed by atoms with Crippen LogP contribution in [0.5, 0.6) is 0 Å². The molecule has 0 atom stereocenters. The molecule has 1 aliphatic rings. The van der Waals surface area contributed by atoms with Crippen molar-refractivity contribution in [3.63, 3.8) is 0 Å². The average Bonchev–Trinajstić information content (AvgIpc) is 3.46. The molecule has 4 rings (SSSR count). The van der Waals surface area contributed by atoms with Crippen LogP contribution in [0.15, 0.2) is 30.6 Å². The molecule has 3 N–H and O–H groups in total. The number of ketones is 1. The van der Waals surface area contributed by atoms with Crippen LogP contribution in [0.2, 0.25) is 0 Å². The molecule has 148 valence electrons. The van der Waals surface area contributed by atoms with Crippen LogP contribution in [-0.2, 0) is 4.79 Å². The fraction of sp³-hybridized carbons (Fsp3) is 0.200. The Kier molecular flexibility index (Phi) is 4.57. The lowest BCUT2D eigenvalue weighted by Gasteiger charge is -2.07. The van der Waals surface area contributed by atoms with E-state index in [2.05, 4.69) is 20.6 Å². The fourth-order valence-corrected chi connectivity index (χ4v) is 3.10. The Bertz CT molecular complexity index is 1140. The molecular weight excluding hydrogens is 382 g/mol. The Morgan fingerprint density at radius 3 is 2.48 bits per heavy atom. The minimum atomic E-state index is -1.14. The van der Waals surface area contributed by atoms with Crippen LogP contribution in [0, 0.1) is 17.6 Å². The van der Waals surface area contributed by atoms with Gasteiger partial charge in [-0.05, 0) is 31.0 Å². The maximum atomic E-state index is 14.5. The smallest absolute Gasteiger partial charge is 0.251 e. The third-order valence-corrected chi connectivity index (χ3v) is 4.79. The number of aromatic nitrogens is 2. The second-order valence-corrected chi connectivity index (χ2v) is 6.77. The summed E-state index contributed by atoms with van der Waals surface area (Å²) in [5, 5.41) is 5.34. The third-order valence-electron chi connectivity index (χ3n) is 4.79. The quantitative estimate of drug-likeness (QED) is 0.575. The third kappa shape index (κ3) is 3.35. The zero-order valence-corrected chi connectivity index (χ0v) is 15.3.